The minimum Gasteiger partial charge on any atom is -0.501 e. The Labute approximate surface area is 110 Å². The number of halogens is 1. The second-order valence-electron chi connectivity index (χ2n) is 4.03. The molecule has 1 aliphatic rings. The lowest BCUT2D eigenvalue weighted by Crippen LogP contribution is -2.17. The predicted octanol–water partition coefficient (Wildman–Crippen LogP) is 3.15. The van der Waals surface area contributed by atoms with Gasteiger partial charge in [0.2, 0.25) is 0 Å². The summed E-state index contributed by atoms with van der Waals surface area (Å²) in [6.45, 7) is 0.785. The van der Waals surface area contributed by atoms with E-state index in [0.29, 0.717) is 0 Å². The number of ether oxygens (including phenoxy) is 2. The van der Waals surface area contributed by atoms with Crippen LogP contribution in [0.25, 0.3) is 0 Å². The Hall–Kier alpha value is -1.00. The summed E-state index contributed by atoms with van der Waals surface area (Å²) in [6.07, 6.45) is 3.80. The molecule has 0 saturated carbocycles. The molecule has 1 atom stereocenters. The molecule has 1 aromatic rings. The van der Waals surface area contributed by atoms with Crippen LogP contribution in [0.4, 0.5) is 0 Å². The summed E-state index contributed by atoms with van der Waals surface area (Å²) >= 11 is 3.42. The molecular weight excluding hydrogens is 282 g/mol. The number of benzene rings is 1. The van der Waals surface area contributed by atoms with Gasteiger partial charge in [-0.1, -0.05) is 22.0 Å². The Morgan fingerprint density at radius 2 is 2.29 bits per heavy atom. The Balaban J connectivity index is 2.29. The average molecular weight is 298 g/mol. The van der Waals surface area contributed by atoms with Crippen LogP contribution in [0, 0.1) is 0 Å². The van der Waals surface area contributed by atoms with Crippen molar-refractivity contribution in [3.8, 4) is 5.75 Å². The highest BCUT2D eigenvalue weighted by atomic mass is 79.9. The van der Waals surface area contributed by atoms with Gasteiger partial charge in [-0.15, -0.1) is 0 Å². The molecule has 0 aliphatic carbocycles. The quantitative estimate of drug-likeness (QED) is 0.932. The van der Waals surface area contributed by atoms with Crippen LogP contribution in [-0.2, 0) is 4.74 Å². The summed E-state index contributed by atoms with van der Waals surface area (Å²) in [5.41, 5.74) is 8.37. The molecule has 0 bridgehead atoms. The van der Waals surface area contributed by atoms with E-state index in [-0.39, 0.29) is 6.04 Å². The zero-order valence-electron chi connectivity index (χ0n) is 9.78. The first-order valence-electron chi connectivity index (χ1n) is 5.62. The smallest absolute Gasteiger partial charge is 0.125 e. The van der Waals surface area contributed by atoms with Crippen LogP contribution in [0.3, 0.4) is 0 Å². The standard InChI is InChI=1S/C13H16BrNO2/c1-16-12-7-10(14)4-5-11(12)13(15)9-3-2-6-17-8-9/h4-5,7-8,13H,2-3,6,15H2,1H3. The van der Waals surface area contributed by atoms with E-state index in [1.807, 2.05) is 18.2 Å². The zero-order chi connectivity index (χ0) is 12.3. The van der Waals surface area contributed by atoms with Crippen molar-refractivity contribution in [3.05, 3.63) is 40.1 Å². The van der Waals surface area contributed by atoms with Crippen molar-refractivity contribution in [2.45, 2.75) is 18.9 Å². The third-order valence-corrected chi connectivity index (χ3v) is 3.39. The van der Waals surface area contributed by atoms with Crippen LogP contribution in [0.15, 0.2) is 34.5 Å². The van der Waals surface area contributed by atoms with Crippen LogP contribution in [0.5, 0.6) is 5.75 Å². The fourth-order valence-electron chi connectivity index (χ4n) is 1.95. The van der Waals surface area contributed by atoms with E-state index in [9.17, 15) is 0 Å². The minimum atomic E-state index is -0.154. The average Bonchev–Trinajstić information content (AvgIpc) is 2.39. The maximum absolute atomic E-state index is 6.25. The largest absolute Gasteiger partial charge is 0.501 e. The van der Waals surface area contributed by atoms with Gasteiger partial charge in [0.05, 0.1) is 26.0 Å². The molecule has 17 heavy (non-hydrogen) atoms. The first-order chi connectivity index (χ1) is 8.22. The van der Waals surface area contributed by atoms with Gasteiger partial charge in [-0.25, -0.2) is 0 Å². The number of rotatable bonds is 3. The molecule has 1 unspecified atom stereocenters. The van der Waals surface area contributed by atoms with E-state index in [0.717, 1.165) is 40.8 Å². The van der Waals surface area contributed by atoms with Crippen molar-refractivity contribution < 1.29 is 9.47 Å². The van der Waals surface area contributed by atoms with E-state index in [1.165, 1.54) is 0 Å². The van der Waals surface area contributed by atoms with E-state index in [1.54, 1.807) is 13.4 Å². The lowest BCUT2D eigenvalue weighted by molar-refractivity contribution is 0.221. The second kappa shape index (κ2) is 5.56. The Morgan fingerprint density at radius 3 is 2.94 bits per heavy atom. The van der Waals surface area contributed by atoms with Crippen LogP contribution in [0.2, 0.25) is 0 Å². The van der Waals surface area contributed by atoms with Crippen molar-refractivity contribution in [1.29, 1.82) is 0 Å². The number of hydrogen-bond acceptors (Lipinski definition) is 3. The predicted molar refractivity (Wildman–Crippen MR) is 70.9 cm³/mol. The Morgan fingerprint density at radius 1 is 1.47 bits per heavy atom. The molecule has 0 fully saturated rings. The zero-order valence-corrected chi connectivity index (χ0v) is 11.4. The third kappa shape index (κ3) is 2.82. The number of nitrogens with two attached hydrogens (primary N) is 1. The first kappa shape index (κ1) is 12.5. The number of methoxy groups -OCH3 is 1. The molecular formula is C13H16BrNO2. The van der Waals surface area contributed by atoms with Gasteiger partial charge in [0.15, 0.2) is 0 Å². The highest BCUT2D eigenvalue weighted by molar-refractivity contribution is 9.10. The first-order valence-corrected chi connectivity index (χ1v) is 6.41. The monoisotopic (exact) mass is 297 g/mol. The summed E-state index contributed by atoms with van der Waals surface area (Å²) in [5, 5.41) is 0. The molecule has 0 radical (unpaired) electrons. The number of hydrogen-bond donors (Lipinski definition) is 1. The molecule has 2 rings (SSSR count). The molecule has 0 spiro atoms. The molecule has 0 amide bonds. The van der Waals surface area contributed by atoms with Gasteiger partial charge in [0, 0.05) is 10.0 Å². The van der Waals surface area contributed by atoms with Gasteiger partial charge in [-0.05, 0) is 30.5 Å². The maximum Gasteiger partial charge on any atom is 0.125 e. The molecule has 1 aliphatic heterocycles. The molecule has 0 saturated heterocycles. The van der Waals surface area contributed by atoms with Gasteiger partial charge in [0.1, 0.15) is 5.75 Å². The van der Waals surface area contributed by atoms with E-state index < -0.39 is 0 Å². The summed E-state index contributed by atoms with van der Waals surface area (Å²) in [7, 11) is 1.66. The SMILES string of the molecule is COc1cc(Br)ccc1C(N)C1=COCCC1. The van der Waals surface area contributed by atoms with Crippen molar-refractivity contribution in [1.82, 2.24) is 0 Å². The van der Waals surface area contributed by atoms with E-state index >= 15 is 0 Å². The topological polar surface area (TPSA) is 44.5 Å². The fraction of sp³-hybridized carbons (Fsp3) is 0.385. The fourth-order valence-corrected chi connectivity index (χ4v) is 2.30. The van der Waals surface area contributed by atoms with Crippen LogP contribution >= 0.6 is 15.9 Å². The normalized spacial score (nSPS) is 17.0. The van der Waals surface area contributed by atoms with Crippen molar-refractivity contribution in [3.63, 3.8) is 0 Å². The minimum absolute atomic E-state index is 0.154. The van der Waals surface area contributed by atoms with E-state index in [2.05, 4.69) is 15.9 Å². The van der Waals surface area contributed by atoms with Crippen LogP contribution < -0.4 is 10.5 Å². The van der Waals surface area contributed by atoms with Gasteiger partial charge in [-0.3, -0.25) is 0 Å². The summed E-state index contributed by atoms with van der Waals surface area (Å²) in [4.78, 5) is 0. The molecule has 92 valence electrons. The lowest BCUT2D eigenvalue weighted by atomic mass is 9.95. The highest BCUT2D eigenvalue weighted by Crippen LogP contribution is 2.33. The van der Waals surface area contributed by atoms with Crippen LogP contribution in [0.1, 0.15) is 24.4 Å². The molecule has 1 heterocycles. The third-order valence-electron chi connectivity index (χ3n) is 2.89. The van der Waals surface area contributed by atoms with Gasteiger partial charge < -0.3 is 15.2 Å². The Kier molecular flexibility index (Phi) is 4.07. The second-order valence-corrected chi connectivity index (χ2v) is 4.95. The van der Waals surface area contributed by atoms with Gasteiger partial charge in [-0.2, -0.15) is 0 Å². The molecule has 3 nitrogen and oxygen atoms in total. The maximum atomic E-state index is 6.25. The summed E-state index contributed by atoms with van der Waals surface area (Å²) in [5.74, 6) is 0.804. The van der Waals surface area contributed by atoms with Crippen LogP contribution in [-0.4, -0.2) is 13.7 Å². The van der Waals surface area contributed by atoms with Crippen molar-refractivity contribution in [2.75, 3.05) is 13.7 Å². The van der Waals surface area contributed by atoms with Crippen molar-refractivity contribution >= 4 is 15.9 Å². The highest BCUT2D eigenvalue weighted by Gasteiger charge is 2.18. The summed E-state index contributed by atoms with van der Waals surface area (Å²) in [6, 6.07) is 5.74. The van der Waals surface area contributed by atoms with Gasteiger partial charge >= 0.3 is 0 Å². The molecule has 2 N–H and O–H groups in total. The molecule has 1 aromatic carbocycles. The van der Waals surface area contributed by atoms with Gasteiger partial charge in [0.25, 0.3) is 0 Å². The molecule has 4 heteroatoms. The molecule has 0 aromatic heterocycles. The lowest BCUT2D eigenvalue weighted by Gasteiger charge is -2.21. The Bertz CT molecular complexity index is 431. The van der Waals surface area contributed by atoms with Crippen molar-refractivity contribution in [2.24, 2.45) is 5.73 Å². The van der Waals surface area contributed by atoms with E-state index in [4.69, 9.17) is 15.2 Å². The summed E-state index contributed by atoms with van der Waals surface area (Å²) < 4.78 is 11.7.